The average molecular weight is 358 g/mol. The maximum absolute atomic E-state index is 12.7. The minimum absolute atomic E-state index is 0.0127. The average Bonchev–Trinajstić information content (AvgIpc) is 2.59. The second kappa shape index (κ2) is 7.27. The fourth-order valence-electron chi connectivity index (χ4n) is 3.31. The second-order valence-corrected chi connectivity index (χ2v) is 8.14. The molecule has 1 unspecified atom stereocenters. The number of sulfonamides is 1. The van der Waals surface area contributed by atoms with Crippen LogP contribution in [0.15, 0.2) is 48.5 Å². The SMILES string of the molecule is CS(=O)(=O)Nc1ccccc1CNC(=O)C1CCCc2ccccc21. The highest BCUT2D eigenvalue weighted by atomic mass is 32.2. The summed E-state index contributed by atoms with van der Waals surface area (Å²) in [6, 6.07) is 15.2. The van der Waals surface area contributed by atoms with Crippen molar-refractivity contribution in [3.8, 4) is 0 Å². The summed E-state index contributed by atoms with van der Waals surface area (Å²) in [5, 5.41) is 2.96. The van der Waals surface area contributed by atoms with Crippen molar-refractivity contribution >= 4 is 21.6 Å². The molecular formula is C19H22N2O3S. The number of nitrogens with one attached hydrogen (secondary N) is 2. The fourth-order valence-corrected chi connectivity index (χ4v) is 3.90. The molecule has 132 valence electrons. The van der Waals surface area contributed by atoms with Crippen molar-refractivity contribution in [2.75, 3.05) is 11.0 Å². The van der Waals surface area contributed by atoms with Crippen LogP contribution < -0.4 is 10.0 Å². The maximum Gasteiger partial charge on any atom is 0.229 e. The van der Waals surface area contributed by atoms with E-state index in [1.165, 1.54) is 5.56 Å². The van der Waals surface area contributed by atoms with Crippen LogP contribution in [0.5, 0.6) is 0 Å². The molecule has 2 N–H and O–H groups in total. The van der Waals surface area contributed by atoms with Gasteiger partial charge in [0.25, 0.3) is 0 Å². The third-order valence-electron chi connectivity index (χ3n) is 4.45. The molecule has 1 atom stereocenters. The van der Waals surface area contributed by atoms with E-state index in [0.29, 0.717) is 5.69 Å². The molecule has 0 aliphatic heterocycles. The smallest absolute Gasteiger partial charge is 0.229 e. The quantitative estimate of drug-likeness (QED) is 0.863. The first-order valence-electron chi connectivity index (χ1n) is 8.35. The Labute approximate surface area is 148 Å². The van der Waals surface area contributed by atoms with Crippen molar-refractivity contribution in [1.82, 2.24) is 5.32 Å². The zero-order valence-corrected chi connectivity index (χ0v) is 15.0. The van der Waals surface area contributed by atoms with Crippen molar-refractivity contribution < 1.29 is 13.2 Å². The van der Waals surface area contributed by atoms with Crippen molar-refractivity contribution in [3.63, 3.8) is 0 Å². The molecule has 1 aliphatic carbocycles. The van der Waals surface area contributed by atoms with Crippen molar-refractivity contribution in [2.24, 2.45) is 0 Å². The van der Waals surface area contributed by atoms with Gasteiger partial charge in [-0.25, -0.2) is 8.42 Å². The molecule has 0 bridgehead atoms. The highest BCUT2D eigenvalue weighted by molar-refractivity contribution is 7.92. The first-order valence-corrected chi connectivity index (χ1v) is 10.2. The number of amides is 1. The lowest BCUT2D eigenvalue weighted by Crippen LogP contribution is -2.31. The Bertz CT molecular complexity index is 878. The van der Waals surface area contributed by atoms with Crippen molar-refractivity contribution in [3.05, 3.63) is 65.2 Å². The monoisotopic (exact) mass is 358 g/mol. The first kappa shape index (κ1) is 17.5. The van der Waals surface area contributed by atoms with Gasteiger partial charge in [-0.1, -0.05) is 42.5 Å². The lowest BCUT2D eigenvalue weighted by atomic mass is 9.82. The number of carbonyl (C=O) groups excluding carboxylic acids is 1. The fraction of sp³-hybridized carbons (Fsp3) is 0.316. The zero-order valence-electron chi connectivity index (χ0n) is 14.2. The van der Waals surface area contributed by atoms with Gasteiger partial charge in [0.15, 0.2) is 0 Å². The van der Waals surface area contributed by atoms with E-state index in [2.05, 4.69) is 16.1 Å². The molecule has 25 heavy (non-hydrogen) atoms. The Hall–Kier alpha value is -2.34. The molecular weight excluding hydrogens is 336 g/mol. The second-order valence-electron chi connectivity index (χ2n) is 6.39. The van der Waals surface area contributed by atoms with E-state index in [1.807, 2.05) is 30.3 Å². The van der Waals surface area contributed by atoms with Crippen LogP contribution in [0.3, 0.4) is 0 Å². The molecule has 3 rings (SSSR count). The van der Waals surface area contributed by atoms with E-state index in [0.717, 1.165) is 36.6 Å². The van der Waals surface area contributed by atoms with Crippen LogP contribution in [0.1, 0.15) is 35.4 Å². The number of carbonyl (C=O) groups is 1. The summed E-state index contributed by atoms with van der Waals surface area (Å²) >= 11 is 0. The molecule has 0 saturated heterocycles. The molecule has 1 amide bonds. The van der Waals surface area contributed by atoms with Gasteiger partial charge in [0, 0.05) is 6.54 Å². The van der Waals surface area contributed by atoms with Crippen LogP contribution >= 0.6 is 0 Å². The summed E-state index contributed by atoms with van der Waals surface area (Å²) in [6.07, 6.45) is 3.97. The summed E-state index contributed by atoms with van der Waals surface area (Å²) in [4.78, 5) is 12.7. The van der Waals surface area contributed by atoms with Gasteiger partial charge >= 0.3 is 0 Å². The number of hydrogen-bond donors (Lipinski definition) is 2. The molecule has 0 radical (unpaired) electrons. The molecule has 0 fully saturated rings. The Balaban J connectivity index is 1.72. The summed E-state index contributed by atoms with van der Waals surface area (Å²) in [6.45, 7) is 0.288. The molecule has 0 saturated carbocycles. The molecule has 0 aromatic heterocycles. The first-order chi connectivity index (χ1) is 11.9. The third-order valence-corrected chi connectivity index (χ3v) is 5.04. The van der Waals surface area contributed by atoms with Crippen LogP contribution in [0, 0.1) is 0 Å². The minimum atomic E-state index is -3.36. The normalized spacial score (nSPS) is 16.8. The van der Waals surface area contributed by atoms with Gasteiger partial charge in [0.05, 0.1) is 17.9 Å². The topological polar surface area (TPSA) is 75.3 Å². The van der Waals surface area contributed by atoms with Crippen LogP contribution in [-0.2, 0) is 27.8 Å². The summed E-state index contributed by atoms with van der Waals surface area (Å²) < 4.78 is 25.4. The van der Waals surface area contributed by atoms with E-state index < -0.39 is 10.0 Å². The molecule has 2 aromatic carbocycles. The van der Waals surface area contributed by atoms with E-state index >= 15 is 0 Å². The van der Waals surface area contributed by atoms with Gasteiger partial charge in [0.2, 0.25) is 15.9 Å². The van der Waals surface area contributed by atoms with Crippen LogP contribution in [0.4, 0.5) is 5.69 Å². The number of anilines is 1. The summed E-state index contributed by atoms with van der Waals surface area (Å²) in [7, 11) is -3.36. The molecule has 2 aromatic rings. The van der Waals surface area contributed by atoms with Gasteiger partial charge in [-0.15, -0.1) is 0 Å². The molecule has 1 aliphatic rings. The number of rotatable bonds is 5. The molecule has 0 heterocycles. The van der Waals surface area contributed by atoms with Gasteiger partial charge in [-0.2, -0.15) is 0 Å². The molecule has 6 heteroatoms. The largest absolute Gasteiger partial charge is 0.351 e. The third kappa shape index (κ3) is 4.39. The van der Waals surface area contributed by atoms with Gasteiger partial charge in [-0.05, 0) is 42.0 Å². The Morgan fingerprint density at radius 2 is 1.84 bits per heavy atom. The van der Waals surface area contributed by atoms with Crippen LogP contribution in [0.25, 0.3) is 0 Å². The number of para-hydroxylation sites is 1. The predicted molar refractivity (Wildman–Crippen MR) is 98.9 cm³/mol. The number of benzene rings is 2. The Kier molecular flexibility index (Phi) is 5.08. The highest BCUT2D eigenvalue weighted by Crippen LogP contribution is 2.31. The number of hydrogen-bond acceptors (Lipinski definition) is 3. The van der Waals surface area contributed by atoms with Crippen molar-refractivity contribution in [1.29, 1.82) is 0 Å². The Morgan fingerprint density at radius 1 is 1.12 bits per heavy atom. The van der Waals surface area contributed by atoms with Crippen molar-refractivity contribution in [2.45, 2.75) is 31.7 Å². The van der Waals surface area contributed by atoms with E-state index in [4.69, 9.17) is 0 Å². The lowest BCUT2D eigenvalue weighted by molar-refractivity contribution is -0.123. The lowest BCUT2D eigenvalue weighted by Gasteiger charge is -2.24. The number of aryl methyl sites for hydroxylation is 1. The summed E-state index contributed by atoms with van der Waals surface area (Å²) in [5.74, 6) is -0.152. The molecule has 0 spiro atoms. The van der Waals surface area contributed by atoms with Crippen LogP contribution in [-0.4, -0.2) is 20.6 Å². The molecule has 5 nitrogen and oxygen atoms in total. The predicted octanol–water partition coefficient (Wildman–Crippen LogP) is 2.79. The Morgan fingerprint density at radius 3 is 2.64 bits per heavy atom. The van der Waals surface area contributed by atoms with E-state index in [-0.39, 0.29) is 18.4 Å². The zero-order chi connectivity index (χ0) is 17.9. The standard InChI is InChI=1S/C19H22N2O3S/c1-25(23,24)21-18-12-5-3-8-15(18)13-20-19(22)17-11-6-9-14-7-2-4-10-16(14)17/h2-5,7-8,10,12,17,21H,6,9,11,13H2,1H3,(H,20,22). The van der Waals surface area contributed by atoms with Gasteiger partial charge in [0.1, 0.15) is 0 Å². The van der Waals surface area contributed by atoms with E-state index in [1.54, 1.807) is 12.1 Å². The minimum Gasteiger partial charge on any atom is -0.351 e. The van der Waals surface area contributed by atoms with Gasteiger partial charge in [-0.3, -0.25) is 9.52 Å². The van der Waals surface area contributed by atoms with Crippen LogP contribution in [0.2, 0.25) is 0 Å². The van der Waals surface area contributed by atoms with Gasteiger partial charge < -0.3 is 5.32 Å². The maximum atomic E-state index is 12.7. The highest BCUT2D eigenvalue weighted by Gasteiger charge is 2.26. The summed E-state index contributed by atoms with van der Waals surface area (Å²) in [5.41, 5.74) is 3.58. The van der Waals surface area contributed by atoms with E-state index in [9.17, 15) is 13.2 Å². The number of fused-ring (bicyclic) bond motifs is 1.